The highest BCUT2D eigenvalue weighted by atomic mass is 19.4. The third-order valence-electron chi connectivity index (χ3n) is 3.13. The Morgan fingerprint density at radius 3 is 2.35 bits per heavy atom. The number of hydrogen-bond acceptors (Lipinski definition) is 1. The molecule has 1 amide bonds. The van der Waals surface area contributed by atoms with Crippen LogP contribution in [0.5, 0.6) is 0 Å². The average Bonchev–Trinajstić information content (AvgIpc) is 2.28. The Balaban J connectivity index is 2.32. The van der Waals surface area contributed by atoms with Crippen molar-refractivity contribution in [3.63, 3.8) is 0 Å². The number of terminal acetylenes is 1. The molecular weight excluding hydrogens is 231 g/mol. The Bertz CT molecular complexity index is 298. The highest BCUT2D eigenvalue weighted by molar-refractivity contribution is 5.78. The second kappa shape index (κ2) is 5.95. The quantitative estimate of drug-likeness (QED) is 0.602. The number of carbonyl (C=O) groups excluding carboxylic acids is 1. The first-order valence-corrected chi connectivity index (χ1v) is 5.73. The van der Waals surface area contributed by atoms with Gasteiger partial charge in [-0.1, -0.05) is 0 Å². The molecule has 0 bridgehead atoms. The monoisotopic (exact) mass is 247 g/mol. The fourth-order valence-electron chi connectivity index (χ4n) is 2.09. The van der Waals surface area contributed by atoms with Crippen LogP contribution >= 0.6 is 0 Å². The largest absolute Gasteiger partial charge is 0.391 e. The molecule has 2 nitrogen and oxygen atoms in total. The van der Waals surface area contributed by atoms with Crippen LogP contribution in [0.2, 0.25) is 0 Å². The molecule has 0 saturated heterocycles. The van der Waals surface area contributed by atoms with Gasteiger partial charge in [-0.15, -0.1) is 12.3 Å². The lowest BCUT2D eigenvalue weighted by Gasteiger charge is -2.29. The molecular formula is C12H16F3NO. The van der Waals surface area contributed by atoms with E-state index in [1.54, 1.807) is 0 Å². The van der Waals surface area contributed by atoms with Crippen LogP contribution in [0.25, 0.3) is 0 Å². The zero-order valence-corrected chi connectivity index (χ0v) is 9.52. The van der Waals surface area contributed by atoms with Gasteiger partial charge in [-0.25, -0.2) is 0 Å². The Morgan fingerprint density at radius 1 is 1.29 bits per heavy atom. The minimum absolute atomic E-state index is 0.0523. The van der Waals surface area contributed by atoms with E-state index in [0.717, 1.165) is 0 Å². The fourth-order valence-corrected chi connectivity index (χ4v) is 2.09. The van der Waals surface area contributed by atoms with Gasteiger partial charge in [0.05, 0.1) is 5.92 Å². The molecule has 0 aliphatic heterocycles. The second-order valence-electron chi connectivity index (χ2n) is 4.34. The molecule has 0 aromatic carbocycles. The van der Waals surface area contributed by atoms with E-state index in [9.17, 15) is 18.0 Å². The van der Waals surface area contributed by atoms with Crippen LogP contribution in [0.3, 0.4) is 0 Å². The predicted octanol–water partition coefficient (Wildman–Crippen LogP) is 2.49. The van der Waals surface area contributed by atoms with E-state index in [-0.39, 0.29) is 24.7 Å². The topological polar surface area (TPSA) is 29.1 Å². The lowest BCUT2D eigenvalue weighted by atomic mass is 9.81. The first-order chi connectivity index (χ1) is 7.95. The summed E-state index contributed by atoms with van der Waals surface area (Å²) >= 11 is 0. The van der Waals surface area contributed by atoms with Crippen LogP contribution in [0.15, 0.2) is 0 Å². The molecule has 1 aliphatic carbocycles. The first kappa shape index (κ1) is 13.9. The third kappa shape index (κ3) is 4.29. The molecule has 1 rings (SSSR count). The summed E-state index contributed by atoms with van der Waals surface area (Å²) in [6.45, 7) is 0.397. The van der Waals surface area contributed by atoms with Gasteiger partial charge in [0.25, 0.3) is 0 Å². The molecule has 1 fully saturated rings. The predicted molar refractivity (Wildman–Crippen MR) is 58.0 cm³/mol. The van der Waals surface area contributed by atoms with Gasteiger partial charge in [0.2, 0.25) is 5.91 Å². The molecule has 17 heavy (non-hydrogen) atoms. The zero-order chi connectivity index (χ0) is 12.9. The summed E-state index contributed by atoms with van der Waals surface area (Å²) in [4.78, 5) is 11.6. The van der Waals surface area contributed by atoms with Gasteiger partial charge in [-0.2, -0.15) is 13.2 Å². The maximum Gasteiger partial charge on any atom is 0.391 e. The minimum Gasteiger partial charge on any atom is -0.355 e. The Hall–Kier alpha value is -1.18. The normalized spacial score (nSPS) is 25.1. The summed E-state index contributed by atoms with van der Waals surface area (Å²) in [5.74, 6) is 0.699. The van der Waals surface area contributed by atoms with Gasteiger partial charge in [0, 0.05) is 18.9 Å². The molecule has 0 aromatic heterocycles. The van der Waals surface area contributed by atoms with E-state index in [4.69, 9.17) is 6.42 Å². The van der Waals surface area contributed by atoms with E-state index in [0.29, 0.717) is 25.8 Å². The molecule has 0 heterocycles. The van der Waals surface area contributed by atoms with Crippen molar-refractivity contribution in [2.75, 3.05) is 6.54 Å². The number of hydrogen-bond donors (Lipinski definition) is 1. The highest BCUT2D eigenvalue weighted by Crippen LogP contribution is 2.39. The molecule has 0 aromatic rings. The van der Waals surface area contributed by atoms with Gasteiger partial charge in [0.15, 0.2) is 0 Å². The first-order valence-electron chi connectivity index (χ1n) is 5.73. The molecule has 96 valence electrons. The van der Waals surface area contributed by atoms with Crippen molar-refractivity contribution in [1.82, 2.24) is 5.32 Å². The van der Waals surface area contributed by atoms with Crippen molar-refractivity contribution in [2.24, 2.45) is 11.8 Å². The fraction of sp³-hybridized carbons (Fsp3) is 0.750. The molecule has 1 aliphatic rings. The van der Waals surface area contributed by atoms with Crippen molar-refractivity contribution in [2.45, 2.75) is 38.3 Å². The second-order valence-corrected chi connectivity index (χ2v) is 4.34. The van der Waals surface area contributed by atoms with Crippen LogP contribution in [-0.2, 0) is 4.79 Å². The van der Waals surface area contributed by atoms with Crippen LogP contribution in [0, 0.1) is 24.2 Å². The van der Waals surface area contributed by atoms with E-state index < -0.39 is 12.1 Å². The molecule has 0 radical (unpaired) electrons. The summed E-state index contributed by atoms with van der Waals surface area (Å²) in [6.07, 6.45) is 2.09. The average molecular weight is 247 g/mol. The number of halogens is 3. The van der Waals surface area contributed by atoms with Crippen LogP contribution in [-0.4, -0.2) is 18.6 Å². The molecule has 0 spiro atoms. The third-order valence-corrected chi connectivity index (χ3v) is 3.13. The summed E-state index contributed by atoms with van der Waals surface area (Å²) in [7, 11) is 0. The maximum absolute atomic E-state index is 12.4. The maximum atomic E-state index is 12.4. The minimum atomic E-state index is -4.12. The van der Waals surface area contributed by atoms with Crippen LogP contribution < -0.4 is 5.32 Å². The Morgan fingerprint density at radius 2 is 1.88 bits per heavy atom. The van der Waals surface area contributed by atoms with Gasteiger partial charge in [-0.3, -0.25) is 4.79 Å². The molecule has 0 atom stereocenters. The summed E-state index contributed by atoms with van der Waals surface area (Å²) < 4.78 is 37.2. The molecule has 1 N–H and O–H groups in total. The van der Waals surface area contributed by atoms with Crippen molar-refractivity contribution in [3.05, 3.63) is 0 Å². The smallest absolute Gasteiger partial charge is 0.355 e. The number of amides is 1. The van der Waals surface area contributed by atoms with E-state index in [1.807, 2.05) is 0 Å². The molecule has 1 saturated carbocycles. The number of rotatable bonds is 3. The summed E-state index contributed by atoms with van der Waals surface area (Å²) in [5.41, 5.74) is 0. The van der Waals surface area contributed by atoms with E-state index in [1.165, 1.54) is 0 Å². The van der Waals surface area contributed by atoms with Crippen molar-refractivity contribution in [1.29, 1.82) is 0 Å². The van der Waals surface area contributed by atoms with Gasteiger partial charge >= 0.3 is 6.18 Å². The van der Waals surface area contributed by atoms with Crippen molar-refractivity contribution < 1.29 is 18.0 Å². The number of nitrogens with one attached hydrogen (secondary N) is 1. The van der Waals surface area contributed by atoms with Crippen molar-refractivity contribution in [3.8, 4) is 12.3 Å². The Kier molecular flexibility index (Phi) is 4.86. The van der Waals surface area contributed by atoms with Crippen LogP contribution in [0.4, 0.5) is 13.2 Å². The lowest BCUT2D eigenvalue weighted by molar-refractivity contribution is -0.184. The Labute approximate surface area is 99.0 Å². The SMILES string of the molecule is C#CCCNC(=O)C1CCC(C(F)(F)F)CC1. The number of carbonyl (C=O) groups is 1. The molecule has 5 heteroatoms. The van der Waals surface area contributed by atoms with Crippen molar-refractivity contribution >= 4 is 5.91 Å². The van der Waals surface area contributed by atoms with Gasteiger partial charge in [-0.05, 0) is 25.7 Å². The van der Waals surface area contributed by atoms with Gasteiger partial charge in [0.1, 0.15) is 0 Å². The standard InChI is InChI=1S/C12H16F3NO/c1-2-3-8-16-11(17)9-4-6-10(7-5-9)12(13,14)15/h1,9-10H,3-8H2,(H,16,17). The van der Waals surface area contributed by atoms with Crippen LogP contribution in [0.1, 0.15) is 32.1 Å². The molecule has 0 unspecified atom stereocenters. The number of alkyl halides is 3. The summed E-state index contributed by atoms with van der Waals surface area (Å²) in [6, 6.07) is 0. The summed E-state index contributed by atoms with van der Waals surface area (Å²) in [5, 5.41) is 2.64. The highest BCUT2D eigenvalue weighted by Gasteiger charge is 2.42. The lowest BCUT2D eigenvalue weighted by Crippen LogP contribution is -2.36. The van der Waals surface area contributed by atoms with Gasteiger partial charge < -0.3 is 5.32 Å². The zero-order valence-electron chi connectivity index (χ0n) is 9.52. The van der Waals surface area contributed by atoms with E-state index >= 15 is 0 Å². The van der Waals surface area contributed by atoms with E-state index in [2.05, 4.69) is 11.2 Å².